The van der Waals surface area contributed by atoms with Crippen LogP contribution in [0.3, 0.4) is 0 Å². The molecular formula is C13H19NO. The van der Waals surface area contributed by atoms with Gasteiger partial charge >= 0.3 is 0 Å². The fraction of sp³-hybridized carbons (Fsp3) is 0.769. The van der Waals surface area contributed by atoms with Crippen LogP contribution >= 0.6 is 0 Å². The average Bonchev–Trinajstić information content (AvgIpc) is 2.14. The van der Waals surface area contributed by atoms with Crippen molar-refractivity contribution < 1.29 is 4.79 Å². The van der Waals surface area contributed by atoms with Crippen molar-refractivity contribution in [1.29, 1.82) is 0 Å². The van der Waals surface area contributed by atoms with E-state index in [1.807, 2.05) is 6.92 Å². The van der Waals surface area contributed by atoms with Crippen LogP contribution in [-0.2, 0) is 4.79 Å². The summed E-state index contributed by atoms with van der Waals surface area (Å²) in [6, 6.07) is 1.22. The lowest BCUT2D eigenvalue weighted by atomic mass is 9.54. The summed E-state index contributed by atoms with van der Waals surface area (Å²) in [4.78, 5) is 12.3. The second-order valence-electron chi connectivity index (χ2n) is 5.90. The van der Waals surface area contributed by atoms with Crippen molar-refractivity contribution in [3.63, 3.8) is 0 Å². The molecule has 0 amide bonds. The molecule has 4 fully saturated rings. The molecule has 0 spiro atoms. The highest BCUT2D eigenvalue weighted by Gasteiger charge is 2.54. The first-order valence-electron chi connectivity index (χ1n) is 6.05. The summed E-state index contributed by atoms with van der Waals surface area (Å²) in [5.74, 6) is 1.15. The zero-order valence-corrected chi connectivity index (χ0v) is 9.38. The van der Waals surface area contributed by atoms with E-state index in [0.29, 0.717) is 17.9 Å². The molecular weight excluding hydrogens is 186 g/mol. The van der Waals surface area contributed by atoms with E-state index in [-0.39, 0.29) is 5.41 Å². The third-order valence-electron chi connectivity index (χ3n) is 4.53. The summed E-state index contributed by atoms with van der Waals surface area (Å²) in [6.45, 7) is 5.71. The van der Waals surface area contributed by atoms with Gasteiger partial charge in [0.15, 0.2) is 5.78 Å². The molecule has 2 saturated heterocycles. The van der Waals surface area contributed by atoms with E-state index >= 15 is 0 Å². The lowest BCUT2D eigenvalue weighted by Gasteiger charge is -2.56. The average molecular weight is 205 g/mol. The molecule has 4 aliphatic rings. The van der Waals surface area contributed by atoms with Gasteiger partial charge in [-0.3, -0.25) is 4.79 Å². The van der Waals surface area contributed by atoms with E-state index in [0.717, 1.165) is 30.8 Å². The molecule has 2 aliphatic carbocycles. The molecule has 4 rings (SSSR count). The number of Topliss-reactive ketones (excluding diaryl/α,β-unsaturated/α-hetero) is 1. The first-order valence-corrected chi connectivity index (χ1v) is 6.05. The zero-order valence-electron chi connectivity index (χ0n) is 9.38. The third kappa shape index (κ3) is 1.31. The minimum Gasteiger partial charge on any atom is -0.311 e. The van der Waals surface area contributed by atoms with Crippen molar-refractivity contribution in [2.24, 2.45) is 11.3 Å². The fourth-order valence-electron chi connectivity index (χ4n) is 4.30. The minimum absolute atomic E-state index is 0.0203. The number of hydrogen-bond donors (Lipinski definition) is 1. The van der Waals surface area contributed by atoms with E-state index in [1.54, 1.807) is 0 Å². The van der Waals surface area contributed by atoms with Gasteiger partial charge in [-0.15, -0.1) is 0 Å². The van der Waals surface area contributed by atoms with Crippen LogP contribution in [0.5, 0.6) is 0 Å². The summed E-state index contributed by atoms with van der Waals surface area (Å²) in [5.41, 5.74) is 0.741. The van der Waals surface area contributed by atoms with Crippen LogP contribution in [0, 0.1) is 11.3 Å². The molecule has 2 saturated carbocycles. The third-order valence-corrected chi connectivity index (χ3v) is 4.53. The number of carbonyl (C=O) groups excluding carboxylic acids is 1. The van der Waals surface area contributed by atoms with E-state index in [1.165, 1.54) is 12.8 Å². The molecule has 0 aromatic heterocycles. The highest BCUT2D eigenvalue weighted by atomic mass is 16.1. The van der Waals surface area contributed by atoms with Crippen molar-refractivity contribution in [1.82, 2.24) is 5.32 Å². The summed E-state index contributed by atoms with van der Waals surface area (Å²) >= 11 is 0. The van der Waals surface area contributed by atoms with Gasteiger partial charge < -0.3 is 5.32 Å². The maximum atomic E-state index is 12.3. The number of carbonyl (C=O) groups is 1. The molecule has 82 valence electrons. The molecule has 2 heterocycles. The summed E-state index contributed by atoms with van der Waals surface area (Å²) in [6.07, 6.45) is 5.84. The number of allylic oxidation sites excluding steroid dienone is 1. The molecule has 2 aliphatic heterocycles. The Labute approximate surface area is 91.1 Å². The monoisotopic (exact) mass is 205 g/mol. The summed E-state index contributed by atoms with van der Waals surface area (Å²) in [5, 5.41) is 3.65. The first kappa shape index (κ1) is 9.59. The van der Waals surface area contributed by atoms with Crippen LogP contribution in [0.1, 0.15) is 39.0 Å². The van der Waals surface area contributed by atoms with Crippen molar-refractivity contribution in [3.8, 4) is 0 Å². The SMILES string of the molecule is C=C(C)C(=O)C12CC3CC(C1)NC(C3)C2. The predicted octanol–water partition coefficient (Wildman–Crippen LogP) is 2.05. The lowest BCUT2D eigenvalue weighted by Crippen LogP contribution is -2.62. The number of rotatable bonds is 2. The van der Waals surface area contributed by atoms with E-state index < -0.39 is 0 Å². The number of hydrogen-bond acceptors (Lipinski definition) is 2. The summed E-state index contributed by atoms with van der Waals surface area (Å²) < 4.78 is 0. The Balaban J connectivity index is 1.93. The van der Waals surface area contributed by atoms with Crippen LogP contribution in [-0.4, -0.2) is 17.9 Å². The largest absolute Gasteiger partial charge is 0.311 e. The van der Waals surface area contributed by atoms with Gasteiger partial charge in [0.1, 0.15) is 0 Å². The van der Waals surface area contributed by atoms with Crippen molar-refractivity contribution in [2.75, 3.05) is 0 Å². The Bertz CT molecular complexity index is 296. The highest BCUT2D eigenvalue weighted by molar-refractivity contribution is 5.99. The van der Waals surface area contributed by atoms with E-state index in [9.17, 15) is 4.79 Å². The Hall–Kier alpha value is -0.630. The van der Waals surface area contributed by atoms with Crippen LogP contribution < -0.4 is 5.32 Å². The molecule has 15 heavy (non-hydrogen) atoms. The number of ketones is 1. The molecule has 1 N–H and O–H groups in total. The second kappa shape index (κ2) is 2.94. The van der Waals surface area contributed by atoms with Crippen LogP contribution in [0.15, 0.2) is 12.2 Å². The van der Waals surface area contributed by atoms with E-state index in [4.69, 9.17) is 0 Å². The van der Waals surface area contributed by atoms with Crippen LogP contribution in [0.2, 0.25) is 0 Å². The standard InChI is InChI=1S/C13H19NO/c1-8(2)12(15)13-5-9-3-10(6-13)14-11(4-9)7-13/h9-11,14H,1,3-7H2,2H3. The Morgan fingerprint density at radius 3 is 2.33 bits per heavy atom. The maximum absolute atomic E-state index is 12.3. The van der Waals surface area contributed by atoms with Crippen LogP contribution in [0.4, 0.5) is 0 Å². The maximum Gasteiger partial charge on any atom is 0.164 e. The van der Waals surface area contributed by atoms with Gasteiger partial charge in [-0.25, -0.2) is 0 Å². The Morgan fingerprint density at radius 2 is 1.87 bits per heavy atom. The highest BCUT2D eigenvalue weighted by Crippen LogP contribution is 2.53. The number of piperidine rings is 2. The normalized spacial score (nSPS) is 46.9. The second-order valence-corrected chi connectivity index (χ2v) is 5.90. The molecule has 2 nitrogen and oxygen atoms in total. The quantitative estimate of drug-likeness (QED) is 0.699. The van der Waals surface area contributed by atoms with Gasteiger partial charge in [0.2, 0.25) is 0 Å². The molecule has 0 radical (unpaired) electrons. The topological polar surface area (TPSA) is 29.1 Å². The molecule has 2 heteroatoms. The van der Waals surface area contributed by atoms with Gasteiger partial charge in [0, 0.05) is 17.5 Å². The van der Waals surface area contributed by atoms with Crippen molar-refractivity contribution in [3.05, 3.63) is 12.2 Å². The van der Waals surface area contributed by atoms with E-state index in [2.05, 4.69) is 11.9 Å². The Kier molecular flexibility index (Phi) is 1.88. The minimum atomic E-state index is -0.0203. The first-order chi connectivity index (χ1) is 7.09. The van der Waals surface area contributed by atoms with Gasteiger partial charge in [-0.1, -0.05) is 6.58 Å². The molecule has 2 atom stereocenters. The van der Waals surface area contributed by atoms with Crippen molar-refractivity contribution in [2.45, 2.75) is 51.1 Å². The molecule has 2 unspecified atom stereocenters. The number of nitrogens with one attached hydrogen (secondary N) is 1. The van der Waals surface area contributed by atoms with Gasteiger partial charge in [0.25, 0.3) is 0 Å². The van der Waals surface area contributed by atoms with Gasteiger partial charge in [0.05, 0.1) is 0 Å². The predicted molar refractivity (Wildman–Crippen MR) is 59.5 cm³/mol. The lowest BCUT2D eigenvalue weighted by molar-refractivity contribution is -0.135. The summed E-state index contributed by atoms with van der Waals surface area (Å²) in [7, 11) is 0. The Morgan fingerprint density at radius 1 is 1.27 bits per heavy atom. The smallest absolute Gasteiger partial charge is 0.164 e. The van der Waals surface area contributed by atoms with Gasteiger partial charge in [-0.05, 0) is 50.5 Å². The van der Waals surface area contributed by atoms with Crippen LogP contribution in [0.25, 0.3) is 0 Å². The van der Waals surface area contributed by atoms with Gasteiger partial charge in [-0.2, -0.15) is 0 Å². The fourth-order valence-corrected chi connectivity index (χ4v) is 4.30. The zero-order chi connectivity index (χ0) is 10.6. The molecule has 4 bridgehead atoms. The molecule has 0 aromatic rings. The van der Waals surface area contributed by atoms with Crippen molar-refractivity contribution >= 4 is 5.78 Å². The molecule has 0 aromatic carbocycles.